The van der Waals surface area contributed by atoms with Gasteiger partial charge in [0.05, 0.1) is 42.7 Å². The Balaban J connectivity index is -0.0000000737. The van der Waals surface area contributed by atoms with Crippen LogP contribution in [0.5, 0.6) is 0 Å². The molecule has 9 N–H and O–H groups in total. The summed E-state index contributed by atoms with van der Waals surface area (Å²) in [6.07, 6.45) is 5.02. The fourth-order valence-corrected chi connectivity index (χ4v) is 4.24. The van der Waals surface area contributed by atoms with Gasteiger partial charge in [-0.25, -0.2) is 8.78 Å². The molecule has 0 aliphatic carbocycles. The van der Waals surface area contributed by atoms with Gasteiger partial charge in [0.1, 0.15) is 0 Å². The lowest BCUT2D eigenvalue weighted by Crippen LogP contribution is -2.31. The lowest BCUT2D eigenvalue weighted by Gasteiger charge is -2.28. The number of hydrogen-bond acceptors (Lipinski definition) is 10. The van der Waals surface area contributed by atoms with Crippen LogP contribution < -0.4 is 0 Å². The molecule has 446 valence electrons. The van der Waals surface area contributed by atoms with Crippen LogP contribution in [-0.2, 0) is 0 Å². The molecule has 0 aliphatic rings. The van der Waals surface area contributed by atoms with Gasteiger partial charge < -0.3 is 50.9 Å². The smallest absolute Gasteiger partial charge is 0.250 e. The summed E-state index contributed by atoms with van der Waals surface area (Å²) in [5.41, 5.74) is -1.22. The number of rotatable bonds is 21. The van der Waals surface area contributed by atoms with E-state index in [0.717, 1.165) is 45.1 Å². The molecule has 0 aromatic carbocycles. The first-order chi connectivity index (χ1) is 31.5. The van der Waals surface area contributed by atoms with Crippen molar-refractivity contribution in [1.82, 2.24) is 4.90 Å². The molecule has 6 atom stereocenters. The average molecular weight is 1040 g/mol. The van der Waals surface area contributed by atoms with Crippen molar-refractivity contribution in [3.8, 4) is 0 Å². The number of hydrogen-bond donors (Lipinski definition) is 9. The number of nitrogens with zero attached hydrogens (tertiary/aromatic N) is 1. The van der Waals surface area contributed by atoms with E-state index in [1.165, 1.54) is 20.8 Å². The number of halogens is 2. The van der Waals surface area contributed by atoms with Crippen LogP contribution in [0.25, 0.3) is 0 Å². The van der Waals surface area contributed by atoms with E-state index in [2.05, 4.69) is 34.6 Å². The minimum Gasteiger partial charge on any atom is -0.396 e. The van der Waals surface area contributed by atoms with Crippen molar-refractivity contribution < 1.29 is 54.7 Å². The third-order valence-corrected chi connectivity index (χ3v) is 13.5. The van der Waals surface area contributed by atoms with Crippen LogP contribution in [0.15, 0.2) is 0 Å². The second-order valence-electron chi connectivity index (χ2n) is 23.1. The van der Waals surface area contributed by atoms with E-state index >= 15 is 0 Å². The maximum Gasteiger partial charge on any atom is 0.250 e. The summed E-state index contributed by atoms with van der Waals surface area (Å²) in [7, 11) is 3.93. The first-order valence-electron chi connectivity index (χ1n) is 27.4. The Kier molecular flexibility index (Phi) is 71.1. The van der Waals surface area contributed by atoms with E-state index in [4.69, 9.17) is 30.6 Å². The summed E-state index contributed by atoms with van der Waals surface area (Å²) in [5, 5.41) is 80.5. The van der Waals surface area contributed by atoms with Gasteiger partial charge in [0.15, 0.2) is 0 Å². The van der Waals surface area contributed by atoms with E-state index in [1.807, 2.05) is 151 Å². The van der Waals surface area contributed by atoms with Crippen LogP contribution in [0, 0.1) is 64.6 Å². The zero-order valence-corrected chi connectivity index (χ0v) is 52.2. The van der Waals surface area contributed by atoms with Gasteiger partial charge in [-0.1, -0.05) is 187 Å². The average Bonchev–Trinajstić information content (AvgIpc) is 3.26. The van der Waals surface area contributed by atoms with E-state index in [0.29, 0.717) is 66.5 Å². The molecule has 12 heteroatoms. The number of likely N-dealkylation sites (N-methyl/N-ethyl adjacent to an activating group) is 1. The molecule has 0 spiro atoms. The fraction of sp³-hybridized carbons (Fsp3) is 1.00. The molecule has 0 fully saturated rings. The summed E-state index contributed by atoms with van der Waals surface area (Å²) >= 11 is 0. The minimum atomic E-state index is -2.46. The standard InChI is InChI=1S/C7H17NO.C7H16O2.3C7H16O.C6H12F2.2C6H14O.C5H12O.CH4/c1-6(2)7(9)5-8(3)4;1-6(2)7(3,4-8)5-9;2*1-5-7(4,8)6(2)3;1-4-7(5-8)6(2)3;1-4-6(7,8)5(2)3;2*1-4-6(7)5(2)3;1-5(2)3-4-6;/h6-7,9H,5H2,1-4H3;6,8-9H,4-5H2,1-3H3;2*6,8H,5H2,1-4H3;6-8H,4-5H2,1-3H3;5H,4H2,1-3H3;2*5-7H,4H2,1-3H3;5-6H,3-4H2,1-2H3;1H4/t7-;;2*7-;;;2*6-;;/m1.10..10../s1. The molecule has 0 aromatic rings. The SMILES string of the molecule is C.CC(C)C(C)(CO)CO.CC(C)CCO.CC(C)[C@H](O)CN(C)C.CCC(CO)C(C)C.CCC(F)(F)C(C)C.CC[C@@H](O)C(C)C.CC[C@@](C)(O)C(C)C.CC[C@H](O)C(C)C.CC[C@](C)(O)C(C)C. The molecule has 0 saturated carbocycles. The lowest BCUT2D eigenvalue weighted by atomic mass is 9.81. The second-order valence-corrected chi connectivity index (χ2v) is 23.1. The van der Waals surface area contributed by atoms with Gasteiger partial charge in [-0.3, -0.25) is 0 Å². The Morgan fingerprint density at radius 1 is 0.451 bits per heavy atom. The van der Waals surface area contributed by atoms with Gasteiger partial charge >= 0.3 is 0 Å². The van der Waals surface area contributed by atoms with Gasteiger partial charge in [-0.15, -0.1) is 0 Å². The van der Waals surface area contributed by atoms with E-state index in [9.17, 15) is 24.1 Å². The van der Waals surface area contributed by atoms with Crippen molar-refractivity contribution in [2.45, 2.75) is 275 Å². The lowest BCUT2D eigenvalue weighted by molar-refractivity contribution is -0.0478. The number of aliphatic hydroxyl groups excluding tert-OH is 7. The Hall–Kier alpha value is -0.540. The predicted molar refractivity (Wildman–Crippen MR) is 309 cm³/mol. The Morgan fingerprint density at radius 2 is 0.761 bits per heavy atom. The van der Waals surface area contributed by atoms with Crippen molar-refractivity contribution in [2.24, 2.45) is 64.6 Å². The first-order valence-corrected chi connectivity index (χ1v) is 27.4. The van der Waals surface area contributed by atoms with Crippen LogP contribution in [0.2, 0.25) is 0 Å². The molecular formula is C59H137F2NO9. The Labute approximate surface area is 444 Å². The summed E-state index contributed by atoms with van der Waals surface area (Å²) in [4.78, 5) is 1.99. The van der Waals surface area contributed by atoms with Crippen LogP contribution in [0.3, 0.4) is 0 Å². The maximum atomic E-state index is 12.3. The van der Waals surface area contributed by atoms with Crippen molar-refractivity contribution >= 4 is 0 Å². The molecular weight excluding hydrogens is 905 g/mol. The number of aliphatic hydroxyl groups is 9. The van der Waals surface area contributed by atoms with Crippen LogP contribution in [-0.4, -0.2) is 133 Å². The molecule has 0 aromatic heterocycles. The molecule has 0 radical (unpaired) electrons. The largest absolute Gasteiger partial charge is 0.396 e. The van der Waals surface area contributed by atoms with Crippen LogP contribution in [0.4, 0.5) is 8.78 Å². The van der Waals surface area contributed by atoms with Gasteiger partial charge in [-0.2, -0.15) is 0 Å². The molecule has 71 heavy (non-hydrogen) atoms. The summed E-state index contributed by atoms with van der Waals surface area (Å²) in [6.45, 7) is 54.5. The quantitative estimate of drug-likeness (QED) is 0.0536. The first kappa shape index (κ1) is 93.0. The van der Waals surface area contributed by atoms with Crippen molar-refractivity contribution in [1.29, 1.82) is 0 Å². The molecule has 0 heterocycles. The minimum absolute atomic E-state index is 0. The van der Waals surface area contributed by atoms with Gasteiger partial charge in [0.25, 0.3) is 0 Å². The fourth-order valence-electron chi connectivity index (χ4n) is 4.24. The van der Waals surface area contributed by atoms with Crippen molar-refractivity contribution in [3.05, 3.63) is 0 Å². The summed E-state index contributed by atoms with van der Waals surface area (Å²) in [5.74, 6) is 1.08. The molecule has 0 aliphatic heterocycles. The predicted octanol–water partition coefficient (Wildman–Crippen LogP) is 13.6. The normalized spacial score (nSPS) is 14.6. The van der Waals surface area contributed by atoms with Gasteiger partial charge in [0.2, 0.25) is 5.92 Å². The maximum absolute atomic E-state index is 12.3. The van der Waals surface area contributed by atoms with E-state index < -0.39 is 23.0 Å². The summed E-state index contributed by atoms with van der Waals surface area (Å²) in [6, 6.07) is 0. The van der Waals surface area contributed by atoms with Crippen LogP contribution in [0.1, 0.15) is 239 Å². The second kappa shape index (κ2) is 54.3. The zero-order valence-electron chi connectivity index (χ0n) is 52.2. The zero-order chi connectivity index (χ0) is 58.6. The number of alkyl halides is 2. The Morgan fingerprint density at radius 3 is 0.775 bits per heavy atom. The highest BCUT2D eigenvalue weighted by atomic mass is 19.3. The summed E-state index contributed by atoms with van der Waals surface area (Å²) < 4.78 is 24.6. The monoisotopic (exact) mass is 1040 g/mol. The highest BCUT2D eigenvalue weighted by Crippen LogP contribution is 2.27. The molecule has 1 unspecified atom stereocenters. The van der Waals surface area contributed by atoms with Gasteiger partial charge in [0, 0.05) is 37.5 Å². The molecule has 0 rings (SSSR count). The third-order valence-electron chi connectivity index (χ3n) is 13.5. The van der Waals surface area contributed by atoms with Gasteiger partial charge in [-0.05, 0) is 113 Å². The van der Waals surface area contributed by atoms with Crippen molar-refractivity contribution in [3.63, 3.8) is 0 Å². The van der Waals surface area contributed by atoms with Crippen LogP contribution >= 0.6 is 0 Å². The molecule has 10 nitrogen and oxygen atoms in total. The van der Waals surface area contributed by atoms with E-state index in [-0.39, 0.29) is 50.8 Å². The molecule has 0 saturated heterocycles. The van der Waals surface area contributed by atoms with Crippen molar-refractivity contribution in [2.75, 3.05) is 47.1 Å². The molecule has 0 bridgehead atoms. The topological polar surface area (TPSA) is 185 Å². The molecule has 0 amide bonds. The van der Waals surface area contributed by atoms with E-state index in [1.54, 1.807) is 0 Å². The third kappa shape index (κ3) is 65.5. The highest BCUT2D eigenvalue weighted by molar-refractivity contribution is 4.75. The highest BCUT2D eigenvalue weighted by Gasteiger charge is 2.30. The Bertz CT molecular complexity index is 936.